The van der Waals surface area contributed by atoms with Crippen LogP contribution in [0.5, 0.6) is 5.75 Å². The zero-order chi connectivity index (χ0) is 24.0. The topological polar surface area (TPSA) is 141 Å². The van der Waals surface area contributed by atoms with Gasteiger partial charge in [0.05, 0.1) is 25.1 Å². The number of carbonyl (C=O) groups is 1. The van der Waals surface area contributed by atoms with Crippen LogP contribution in [0.25, 0.3) is 11.2 Å². The van der Waals surface area contributed by atoms with Crippen LogP contribution in [0.4, 0.5) is 5.82 Å². The first-order valence-electron chi connectivity index (χ1n) is 10.4. The molecule has 2 N–H and O–H groups in total. The van der Waals surface area contributed by atoms with E-state index < -0.39 is 25.8 Å². The van der Waals surface area contributed by atoms with Crippen molar-refractivity contribution < 1.29 is 27.9 Å². The van der Waals surface area contributed by atoms with E-state index in [2.05, 4.69) is 15.0 Å². The van der Waals surface area contributed by atoms with Crippen LogP contribution in [-0.2, 0) is 29.9 Å². The lowest BCUT2D eigenvalue weighted by Gasteiger charge is -2.24. The third-order valence-electron chi connectivity index (χ3n) is 4.39. The maximum absolute atomic E-state index is 13.5. The Labute approximate surface area is 191 Å². The molecule has 0 amide bonds. The van der Waals surface area contributed by atoms with Crippen LogP contribution in [0.2, 0.25) is 0 Å². The van der Waals surface area contributed by atoms with E-state index in [1.165, 1.54) is 13.3 Å². The van der Waals surface area contributed by atoms with Crippen LogP contribution in [0, 0.1) is 0 Å². The molecule has 1 aromatic carbocycles. The van der Waals surface area contributed by atoms with E-state index in [0.29, 0.717) is 23.5 Å². The summed E-state index contributed by atoms with van der Waals surface area (Å²) >= 11 is 0. The minimum absolute atomic E-state index is 0.281. The summed E-state index contributed by atoms with van der Waals surface area (Å²) < 4.78 is 37.4. The van der Waals surface area contributed by atoms with Crippen molar-refractivity contribution in [2.24, 2.45) is 0 Å². The van der Waals surface area contributed by atoms with Gasteiger partial charge >= 0.3 is 13.6 Å². The number of esters is 1. The molecule has 0 aliphatic heterocycles. The van der Waals surface area contributed by atoms with Gasteiger partial charge in [0.15, 0.2) is 23.9 Å². The fourth-order valence-electron chi connectivity index (χ4n) is 2.91. The predicted octanol–water partition coefficient (Wildman–Crippen LogP) is 3.40. The van der Waals surface area contributed by atoms with Gasteiger partial charge in [-0.3, -0.25) is 4.52 Å². The summed E-state index contributed by atoms with van der Waals surface area (Å²) in [6.07, 6.45) is 0.680. The summed E-state index contributed by atoms with van der Waals surface area (Å²) in [6, 6.07) is 8.54. The van der Waals surface area contributed by atoms with Gasteiger partial charge in [-0.25, -0.2) is 24.3 Å². The molecule has 11 nitrogen and oxygen atoms in total. The highest BCUT2D eigenvalue weighted by Crippen LogP contribution is 2.49. The molecule has 0 aliphatic rings. The molecule has 178 valence electrons. The summed E-state index contributed by atoms with van der Waals surface area (Å²) in [6.45, 7) is 7.03. The Bertz CT molecular complexity index is 1120. The number of rotatable bonds is 11. The van der Waals surface area contributed by atoms with Gasteiger partial charge in [-0.2, -0.15) is 0 Å². The van der Waals surface area contributed by atoms with Crippen molar-refractivity contribution in [1.82, 2.24) is 19.5 Å². The second-order valence-corrected chi connectivity index (χ2v) is 9.56. The van der Waals surface area contributed by atoms with E-state index in [4.69, 9.17) is 24.3 Å². The largest absolute Gasteiger partial charge is 0.461 e. The van der Waals surface area contributed by atoms with Crippen molar-refractivity contribution in [3.05, 3.63) is 43.0 Å². The lowest BCUT2D eigenvalue weighted by atomic mass is 10.3. The first-order chi connectivity index (χ1) is 15.7. The number of imidazole rings is 1. The van der Waals surface area contributed by atoms with Gasteiger partial charge < -0.3 is 24.3 Å². The van der Waals surface area contributed by atoms with Crippen LogP contribution >= 0.6 is 7.60 Å². The van der Waals surface area contributed by atoms with Gasteiger partial charge in [-0.1, -0.05) is 18.2 Å². The first kappa shape index (κ1) is 24.6. The van der Waals surface area contributed by atoms with Gasteiger partial charge in [0.1, 0.15) is 17.6 Å². The number of nitrogens with two attached hydrogens (primary N) is 1. The van der Waals surface area contributed by atoms with Crippen molar-refractivity contribution in [3.8, 4) is 5.75 Å². The standard InChI is InChI=1S/C21H28N5O6P/c1-14(2)30-21(27)16(4)31-33(28,32-17-8-6-5-7-9-17)13-29-15(3)10-26-12-25-18-19(22)23-11-24-20(18)26/h5-9,11-12,14-16H,10,13H2,1-4H3,(H2,22,23,24)/t15-,16+,33-/m1/s1. The second kappa shape index (κ2) is 10.7. The van der Waals surface area contributed by atoms with Gasteiger partial charge in [0, 0.05) is 0 Å². The molecule has 0 fully saturated rings. The molecule has 0 saturated heterocycles. The zero-order valence-corrected chi connectivity index (χ0v) is 19.8. The van der Waals surface area contributed by atoms with Crippen molar-refractivity contribution in [3.63, 3.8) is 0 Å². The Balaban J connectivity index is 1.70. The molecule has 0 bridgehead atoms. The molecule has 3 atom stereocenters. The highest BCUT2D eigenvalue weighted by Gasteiger charge is 2.34. The highest BCUT2D eigenvalue weighted by molar-refractivity contribution is 7.54. The summed E-state index contributed by atoms with van der Waals surface area (Å²) in [7, 11) is -3.89. The number of carbonyl (C=O) groups excluding carboxylic acids is 1. The Hall–Kier alpha value is -3.01. The average molecular weight is 477 g/mol. The van der Waals surface area contributed by atoms with Crippen molar-refractivity contribution >= 4 is 30.5 Å². The molecule has 3 aromatic rings. The molecular weight excluding hydrogens is 449 g/mol. The maximum atomic E-state index is 13.5. The number of aromatic nitrogens is 4. The maximum Gasteiger partial charge on any atom is 0.405 e. The van der Waals surface area contributed by atoms with E-state index in [-0.39, 0.29) is 18.3 Å². The molecule has 0 aliphatic carbocycles. The molecule has 3 rings (SSSR count). The Kier molecular flexibility index (Phi) is 8.01. The number of benzene rings is 1. The quantitative estimate of drug-likeness (QED) is 0.323. The number of hydrogen-bond acceptors (Lipinski definition) is 10. The molecule has 0 spiro atoms. The highest BCUT2D eigenvalue weighted by atomic mass is 31.2. The third-order valence-corrected chi connectivity index (χ3v) is 5.98. The van der Waals surface area contributed by atoms with Crippen molar-refractivity contribution in [1.29, 1.82) is 0 Å². The van der Waals surface area contributed by atoms with Crippen molar-refractivity contribution in [2.75, 3.05) is 12.1 Å². The minimum Gasteiger partial charge on any atom is -0.461 e. The number of ether oxygens (including phenoxy) is 2. The SMILES string of the molecule is CC(C)OC(=O)[C@H](C)O[P@](=O)(CO[C@H](C)Cn1cnc2c(N)ncnc21)Oc1ccccc1. The van der Waals surface area contributed by atoms with Crippen LogP contribution in [0.1, 0.15) is 27.7 Å². The Morgan fingerprint density at radius 2 is 1.85 bits per heavy atom. The van der Waals surface area contributed by atoms with Gasteiger partial charge in [-0.05, 0) is 39.8 Å². The monoisotopic (exact) mass is 477 g/mol. The fourth-order valence-corrected chi connectivity index (χ4v) is 4.52. The number of nitrogens with zero attached hydrogens (tertiary/aromatic N) is 4. The van der Waals surface area contributed by atoms with E-state index in [1.807, 2.05) is 0 Å². The Morgan fingerprint density at radius 1 is 1.12 bits per heavy atom. The van der Waals surface area contributed by atoms with Gasteiger partial charge in [0.25, 0.3) is 0 Å². The van der Waals surface area contributed by atoms with Gasteiger partial charge in [-0.15, -0.1) is 0 Å². The van der Waals surface area contributed by atoms with E-state index in [0.717, 1.165) is 0 Å². The number of nitrogen functional groups attached to an aromatic ring is 1. The van der Waals surface area contributed by atoms with E-state index in [9.17, 15) is 9.36 Å². The van der Waals surface area contributed by atoms with Crippen LogP contribution in [-0.4, -0.2) is 50.1 Å². The summed E-state index contributed by atoms with van der Waals surface area (Å²) in [4.78, 5) is 24.5. The minimum atomic E-state index is -3.89. The van der Waals surface area contributed by atoms with Gasteiger partial charge in [0.2, 0.25) is 0 Å². The third kappa shape index (κ3) is 6.74. The molecule has 12 heteroatoms. The van der Waals surface area contributed by atoms with Crippen LogP contribution in [0.15, 0.2) is 43.0 Å². The molecule has 0 unspecified atom stereocenters. The predicted molar refractivity (Wildman–Crippen MR) is 122 cm³/mol. The first-order valence-corrected chi connectivity index (χ1v) is 12.1. The van der Waals surface area contributed by atoms with Crippen molar-refractivity contribution in [2.45, 2.75) is 52.6 Å². The lowest BCUT2D eigenvalue weighted by Crippen LogP contribution is -2.27. The molecule has 2 aromatic heterocycles. The zero-order valence-electron chi connectivity index (χ0n) is 19.0. The molecule has 33 heavy (non-hydrogen) atoms. The lowest BCUT2D eigenvalue weighted by molar-refractivity contribution is -0.155. The molecule has 0 radical (unpaired) electrons. The number of fused-ring (bicyclic) bond motifs is 1. The summed E-state index contributed by atoms with van der Waals surface area (Å²) in [5.74, 6) is -0.0323. The normalized spacial score (nSPS) is 15.2. The summed E-state index contributed by atoms with van der Waals surface area (Å²) in [5.41, 5.74) is 6.87. The number of para-hydroxylation sites is 1. The van der Waals surface area contributed by atoms with E-state index in [1.54, 1.807) is 62.0 Å². The number of anilines is 1. The number of hydrogen-bond donors (Lipinski definition) is 1. The molecule has 0 saturated carbocycles. The molecular formula is C21H28N5O6P. The van der Waals surface area contributed by atoms with Crippen LogP contribution < -0.4 is 10.3 Å². The smallest absolute Gasteiger partial charge is 0.405 e. The van der Waals surface area contributed by atoms with Crippen LogP contribution in [0.3, 0.4) is 0 Å². The molecule has 2 heterocycles. The van der Waals surface area contributed by atoms with E-state index >= 15 is 0 Å². The fraction of sp³-hybridized carbons (Fsp3) is 0.429. The Morgan fingerprint density at radius 3 is 2.55 bits per heavy atom. The second-order valence-electron chi connectivity index (χ2n) is 7.68. The summed E-state index contributed by atoms with van der Waals surface area (Å²) in [5, 5.41) is 0. The average Bonchev–Trinajstić information content (AvgIpc) is 3.16.